The Hall–Kier alpha value is -1.88. The van der Waals surface area contributed by atoms with Crippen molar-refractivity contribution in [1.29, 1.82) is 0 Å². The van der Waals surface area contributed by atoms with Crippen molar-refractivity contribution in [1.82, 2.24) is 9.80 Å². The number of sulfonamides is 1. The molecular formula is C27H45N3O6S. The summed E-state index contributed by atoms with van der Waals surface area (Å²) in [6.07, 6.45) is 6.12. The lowest BCUT2D eigenvalue weighted by Gasteiger charge is -2.36. The average Bonchev–Trinajstić information content (AvgIpc) is 3.63. The summed E-state index contributed by atoms with van der Waals surface area (Å²) in [6, 6.07) is 4.33. The number of carbonyl (C=O) groups is 1. The maximum Gasteiger partial charge on any atom is 0.258 e. The van der Waals surface area contributed by atoms with Crippen molar-refractivity contribution in [3.8, 4) is 5.75 Å². The number of ether oxygens (including phenoxy) is 2. The highest BCUT2D eigenvalue weighted by atomic mass is 32.2. The molecule has 2 N–H and O–H groups in total. The number of amides is 1. The molecule has 0 aromatic heterocycles. The molecule has 210 valence electrons. The highest BCUT2D eigenvalue weighted by molar-refractivity contribution is 7.92. The number of rotatable bonds is 8. The Morgan fingerprint density at radius 3 is 2.57 bits per heavy atom. The van der Waals surface area contributed by atoms with Crippen molar-refractivity contribution in [2.45, 2.75) is 71.1 Å². The first-order valence-electron chi connectivity index (χ1n) is 13.5. The number of nitrogens with zero attached hydrogens (tertiary/aromatic N) is 2. The van der Waals surface area contributed by atoms with Gasteiger partial charge in [0.05, 0.1) is 36.7 Å². The lowest BCUT2D eigenvalue weighted by molar-refractivity contribution is -0.0172. The summed E-state index contributed by atoms with van der Waals surface area (Å²) in [4.78, 5) is 18.0. The summed E-state index contributed by atoms with van der Waals surface area (Å²) in [7, 11) is -1.39. The van der Waals surface area contributed by atoms with Crippen LogP contribution in [0.4, 0.5) is 5.69 Å². The lowest BCUT2D eigenvalue weighted by atomic mass is 10.0. The van der Waals surface area contributed by atoms with Gasteiger partial charge in [-0.15, -0.1) is 0 Å². The number of carbonyl (C=O) groups excluding carboxylic acids is 1. The van der Waals surface area contributed by atoms with E-state index in [1.807, 2.05) is 13.8 Å². The smallest absolute Gasteiger partial charge is 0.258 e. The van der Waals surface area contributed by atoms with Crippen molar-refractivity contribution in [3.05, 3.63) is 23.8 Å². The molecule has 1 saturated carbocycles. The van der Waals surface area contributed by atoms with Gasteiger partial charge in [-0.2, -0.15) is 0 Å². The predicted octanol–water partition coefficient (Wildman–Crippen LogP) is 3.20. The summed E-state index contributed by atoms with van der Waals surface area (Å²) in [5.41, 5.74) is 0.563. The molecule has 9 nitrogen and oxygen atoms in total. The van der Waals surface area contributed by atoms with Gasteiger partial charge in [0.1, 0.15) is 5.75 Å². The molecule has 1 amide bonds. The highest BCUT2D eigenvalue weighted by Gasteiger charge is 2.31. The zero-order chi connectivity index (χ0) is 27.2. The maximum atomic E-state index is 14.0. The van der Waals surface area contributed by atoms with Crippen LogP contribution >= 0.6 is 0 Å². The Kier molecular flexibility index (Phi) is 10.6. The third-order valence-electron chi connectivity index (χ3n) is 7.11. The molecule has 0 saturated heterocycles. The molecule has 4 atom stereocenters. The van der Waals surface area contributed by atoms with Crippen LogP contribution in [0.2, 0.25) is 0 Å². The predicted molar refractivity (Wildman–Crippen MR) is 146 cm³/mol. The first-order valence-corrected chi connectivity index (χ1v) is 15.4. The van der Waals surface area contributed by atoms with Gasteiger partial charge in [-0.25, -0.2) is 8.42 Å². The Morgan fingerprint density at radius 1 is 1.19 bits per heavy atom. The molecule has 1 aromatic carbocycles. The standard InChI is InChI=1S/C27H45N3O6S/c1-19-15-30(20(2)18-31)27(32)24-14-23(28-37(5,33)34)11-12-25(24)36-21(3)8-6-7-13-35-26(19)17-29(4)16-22-9-10-22/h11-12,14,19-22,26,28,31H,6-10,13,15-18H2,1-5H3/t19-,20+,21-,26+/m1/s1. The monoisotopic (exact) mass is 539 g/mol. The fraction of sp³-hybridized carbons (Fsp3) is 0.741. The second-order valence-corrected chi connectivity index (χ2v) is 12.8. The van der Waals surface area contributed by atoms with E-state index in [2.05, 4.69) is 23.6 Å². The van der Waals surface area contributed by atoms with Gasteiger partial charge in [0.25, 0.3) is 5.91 Å². The number of fused-ring (bicyclic) bond motifs is 1. The third kappa shape index (κ3) is 9.42. The fourth-order valence-corrected chi connectivity index (χ4v) is 5.34. The first kappa shape index (κ1) is 29.7. The van der Waals surface area contributed by atoms with E-state index in [9.17, 15) is 18.3 Å². The molecule has 0 spiro atoms. The van der Waals surface area contributed by atoms with E-state index in [0.717, 1.165) is 44.5 Å². The van der Waals surface area contributed by atoms with E-state index in [1.54, 1.807) is 17.0 Å². The molecule has 0 bridgehead atoms. The van der Waals surface area contributed by atoms with E-state index in [1.165, 1.54) is 18.9 Å². The third-order valence-corrected chi connectivity index (χ3v) is 7.72. The minimum atomic E-state index is -3.52. The Bertz CT molecular complexity index is 1000. The minimum Gasteiger partial charge on any atom is -0.490 e. The van der Waals surface area contributed by atoms with Gasteiger partial charge in [-0.05, 0) is 77.1 Å². The number of anilines is 1. The van der Waals surface area contributed by atoms with Crippen molar-refractivity contribution in [3.63, 3.8) is 0 Å². The zero-order valence-electron chi connectivity index (χ0n) is 23.0. The molecule has 0 radical (unpaired) electrons. The van der Waals surface area contributed by atoms with Crippen molar-refractivity contribution >= 4 is 21.6 Å². The highest BCUT2D eigenvalue weighted by Crippen LogP contribution is 2.30. The van der Waals surface area contributed by atoms with E-state index in [-0.39, 0.29) is 36.2 Å². The minimum absolute atomic E-state index is 0.0168. The average molecular weight is 540 g/mol. The number of benzene rings is 1. The summed E-state index contributed by atoms with van der Waals surface area (Å²) in [5.74, 6) is 0.894. The van der Waals surface area contributed by atoms with Gasteiger partial charge in [-0.1, -0.05) is 6.92 Å². The van der Waals surface area contributed by atoms with Gasteiger partial charge in [0.15, 0.2) is 0 Å². The van der Waals surface area contributed by atoms with Gasteiger partial charge in [0.2, 0.25) is 10.0 Å². The summed E-state index contributed by atoms with van der Waals surface area (Å²) < 4.78 is 38.7. The summed E-state index contributed by atoms with van der Waals surface area (Å²) in [6.45, 7) is 8.56. The second-order valence-electron chi connectivity index (χ2n) is 11.0. The fourth-order valence-electron chi connectivity index (χ4n) is 4.79. The molecule has 10 heteroatoms. The molecule has 1 heterocycles. The Labute approximate surface area is 222 Å². The Balaban J connectivity index is 1.93. The molecular weight excluding hydrogens is 494 g/mol. The van der Waals surface area contributed by atoms with E-state index < -0.39 is 16.1 Å². The second kappa shape index (κ2) is 13.3. The largest absolute Gasteiger partial charge is 0.490 e. The van der Waals surface area contributed by atoms with Crippen LogP contribution < -0.4 is 9.46 Å². The topological polar surface area (TPSA) is 108 Å². The first-order chi connectivity index (χ1) is 17.5. The van der Waals surface area contributed by atoms with Crippen LogP contribution in [0.1, 0.15) is 63.2 Å². The molecule has 1 aliphatic heterocycles. The molecule has 1 aliphatic carbocycles. The van der Waals surface area contributed by atoms with Gasteiger partial charge >= 0.3 is 0 Å². The van der Waals surface area contributed by atoms with Crippen LogP contribution in [0.3, 0.4) is 0 Å². The Morgan fingerprint density at radius 2 is 1.92 bits per heavy atom. The summed E-state index contributed by atoms with van der Waals surface area (Å²) >= 11 is 0. The molecule has 3 rings (SSSR count). The van der Waals surface area contributed by atoms with Crippen LogP contribution in [0.15, 0.2) is 18.2 Å². The molecule has 1 aromatic rings. The van der Waals surface area contributed by atoms with Crippen molar-refractivity contribution < 1.29 is 27.8 Å². The van der Waals surface area contributed by atoms with Crippen molar-refractivity contribution in [2.24, 2.45) is 11.8 Å². The van der Waals surface area contributed by atoms with Gasteiger partial charge < -0.3 is 24.4 Å². The lowest BCUT2D eigenvalue weighted by Crippen LogP contribution is -2.47. The maximum absolute atomic E-state index is 14.0. The molecule has 2 aliphatic rings. The number of hydrogen-bond acceptors (Lipinski definition) is 7. The van der Waals surface area contributed by atoms with E-state index in [4.69, 9.17) is 9.47 Å². The zero-order valence-corrected chi connectivity index (χ0v) is 23.8. The van der Waals surface area contributed by atoms with Gasteiger partial charge in [0, 0.05) is 37.8 Å². The SMILES string of the molecule is C[C@@H]1CCCCO[C@@H](CN(C)CC2CC2)[C@H](C)CN([C@@H](C)CO)C(=O)c2cc(NS(C)(=O)=O)ccc2O1. The van der Waals surface area contributed by atoms with Crippen LogP contribution in [-0.4, -0.2) is 93.6 Å². The van der Waals surface area contributed by atoms with E-state index >= 15 is 0 Å². The van der Waals surface area contributed by atoms with Gasteiger partial charge in [-0.3, -0.25) is 9.52 Å². The molecule has 1 fully saturated rings. The number of hydrogen-bond donors (Lipinski definition) is 2. The molecule has 37 heavy (non-hydrogen) atoms. The number of aliphatic hydroxyl groups excluding tert-OH is 1. The molecule has 0 unspecified atom stereocenters. The van der Waals surface area contributed by atoms with Crippen molar-refractivity contribution in [2.75, 3.05) is 50.9 Å². The number of nitrogens with one attached hydrogen (secondary N) is 1. The van der Waals surface area contributed by atoms with Crippen LogP contribution in [0.5, 0.6) is 5.75 Å². The van der Waals surface area contributed by atoms with Crippen LogP contribution in [0, 0.1) is 11.8 Å². The van der Waals surface area contributed by atoms with Crippen LogP contribution in [-0.2, 0) is 14.8 Å². The van der Waals surface area contributed by atoms with Crippen LogP contribution in [0.25, 0.3) is 0 Å². The quantitative estimate of drug-likeness (QED) is 0.522. The normalized spacial score (nSPS) is 25.2. The number of aliphatic hydroxyl groups is 1. The summed E-state index contributed by atoms with van der Waals surface area (Å²) in [5, 5.41) is 10.0. The number of likely N-dealkylation sites (N-methyl/N-ethyl adjacent to an activating group) is 1. The van der Waals surface area contributed by atoms with E-state index in [0.29, 0.717) is 24.6 Å².